The highest BCUT2D eigenvalue weighted by Gasteiger charge is 2.28. The Morgan fingerprint density at radius 3 is 2.06 bits per heavy atom. The third-order valence-corrected chi connectivity index (χ3v) is 5.25. The van der Waals surface area contributed by atoms with Crippen molar-refractivity contribution >= 4 is 23.2 Å². The number of rotatable bonds is 4. The summed E-state index contributed by atoms with van der Waals surface area (Å²) in [5.74, 6) is 0.537. The van der Waals surface area contributed by atoms with Gasteiger partial charge in [-0.1, -0.05) is 57.2 Å². The van der Waals surface area contributed by atoms with Gasteiger partial charge in [-0.3, -0.25) is 9.59 Å². The fraction of sp³-hybridized carbons (Fsp3) is 0.231. The summed E-state index contributed by atoms with van der Waals surface area (Å²) in [6.45, 7) is 6.49. The minimum absolute atomic E-state index is 0.0112. The molecule has 1 aliphatic heterocycles. The zero-order chi connectivity index (χ0) is 22.7. The Hall–Kier alpha value is -3.80. The van der Waals surface area contributed by atoms with Crippen LogP contribution in [0.5, 0.6) is 11.5 Å². The lowest BCUT2D eigenvalue weighted by molar-refractivity contribution is -0.125. The molecule has 164 valence electrons. The Morgan fingerprint density at radius 1 is 0.812 bits per heavy atom. The monoisotopic (exact) mass is 430 g/mol. The molecule has 1 heterocycles. The van der Waals surface area contributed by atoms with Crippen molar-refractivity contribution in [1.29, 1.82) is 0 Å². The van der Waals surface area contributed by atoms with E-state index in [1.807, 2.05) is 36.4 Å². The number of nitrogens with one attached hydrogen (secondary N) is 2. The average Bonchev–Trinajstić information content (AvgIpc) is 2.79. The molecule has 0 aliphatic carbocycles. The van der Waals surface area contributed by atoms with E-state index in [0.29, 0.717) is 28.4 Å². The molecule has 0 unspecified atom stereocenters. The highest BCUT2D eigenvalue weighted by Crippen LogP contribution is 2.31. The molecule has 3 aromatic rings. The zero-order valence-corrected chi connectivity index (χ0v) is 18.3. The Bertz CT molecular complexity index is 1130. The van der Waals surface area contributed by atoms with E-state index in [1.165, 1.54) is 0 Å². The number of para-hydroxylation sites is 4. The molecule has 0 radical (unpaired) electrons. The number of hydrogen-bond acceptors (Lipinski definition) is 4. The topological polar surface area (TPSA) is 76.7 Å². The lowest BCUT2D eigenvalue weighted by Crippen LogP contribution is -2.40. The summed E-state index contributed by atoms with van der Waals surface area (Å²) < 4.78 is 11.4. The first kappa shape index (κ1) is 21.4. The van der Waals surface area contributed by atoms with Crippen LogP contribution in [-0.2, 0) is 10.2 Å². The van der Waals surface area contributed by atoms with E-state index >= 15 is 0 Å². The Kier molecular flexibility index (Phi) is 5.86. The molecule has 2 N–H and O–H groups in total. The van der Waals surface area contributed by atoms with E-state index in [9.17, 15) is 9.59 Å². The first-order chi connectivity index (χ1) is 15.3. The standard InChI is InChI=1S/C26H26N2O4/c1-26(2,3)18-14-12-17(13-15-18)24(29)27-19-8-4-5-9-20(19)28-25(30)23-16-31-21-10-6-7-11-22(21)32-23/h4-15,23H,16H2,1-3H3,(H,27,29)(H,28,30)/t23-/m0/s1. The molecule has 0 saturated carbocycles. The van der Waals surface area contributed by atoms with Gasteiger partial charge in [0.15, 0.2) is 11.5 Å². The van der Waals surface area contributed by atoms with Crippen LogP contribution >= 0.6 is 0 Å². The highest BCUT2D eigenvalue weighted by molar-refractivity contribution is 6.07. The van der Waals surface area contributed by atoms with Crippen molar-refractivity contribution < 1.29 is 19.1 Å². The molecule has 0 saturated heterocycles. The molecule has 3 aromatic carbocycles. The molecule has 0 spiro atoms. The van der Waals surface area contributed by atoms with Crippen LogP contribution in [0.4, 0.5) is 11.4 Å². The first-order valence-electron chi connectivity index (χ1n) is 10.5. The van der Waals surface area contributed by atoms with Gasteiger partial charge in [-0.15, -0.1) is 0 Å². The second kappa shape index (κ2) is 8.75. The molecular weight excluding hydrogens is 404 g/mol. The van der Waals surface area contributed by atoms with Gasteiger partial charge in [-0.05, 0) is 47.4 Å². The highest BCUT2D eigenvalue weighted by atomic mass is 16.6. The van der Waals surface area contributed by atoms with E-state index in [4.69, 9.17) is 9.47 Å². The SMILES string of the molecule is CC(C)(C)c1ccc(C(=O)Nc2ccccc2NC(=O)[C@@H]2COc3ccccc3O2)cc1. The molecule has 1 atom stereocenters. The van der Waals surface area contributed by atoms with Crippen LogP contribution in [0.3, 0.4) is 0 Å². The van der Waals surface area contributed by atoms with E-state index in [2.05, 4.69) is 31.4 Å². The summed E-state index contributed by atoms with van der Waals surface area (Å²) in [7, 11) is 0. The summed E-state index contributed by atoms with van der Waals surface area (Å²) in [5, 5.41) is 5.72. The quantitative estimate of drug-likeness (QED) is 0.610. The van der Waals surface area contributed by atoms with Crippen molar-refractivity contribution in [1.82, 2.24) is 0 Å². The van der Waals surface area contributed by atoms with Crippen LogP contribution in [0.25, 0.3) is 0 Å². The van der Waals surface area contributed by atoms with Gasteiger partial charge in [0.25, 0.3) is 11.8 Å². The summed E-state index contributed by atoms with van der Waals surface area (Å²) in [6.07, 6.45) is -0.793. The molecule has 0 bridgehead atoms. The Morgan fingerprint density at radius 2 is 1.41 bits per heavy atom. The van der Waals surface area contributed by atoms with E-state index in [1.54, 1.807) is 36.4 Å². The summed E-state index contributed by atoms with van der Waals surface area (Å²) in [6, 6.07) is 21.8. The summed E-state index contributed by atoms with van der Waals surface area (Å²) in [5.41, 5.74) is 2.69. The molecule has 0 fully saturated rings. The second-order valence-electron chi connectivity index (χ2n) is 8.68. The average molecular weight is 431 g/mol. The molecule has 4 rings (SSSR count). The molecule has 6 heteroatoms. The predicted molar refractivity (Wildman–Crippen MR) is 125 cm³/mol. The van der Waals surface area contributed by atoms with E-state index in [-0.39, 0.29) is 23.8 Å². The third kappa shape index (κ3) is 4.75. The smallest absolute Gasteiger partial charge is 0.269 e. The van der Waals surface area contributed by atoms with Gasteiger partial charge in [0.05, 0.1) is 11.4 Å². The maximum Gasteiger partial charge on any atom is 0.269 e. The van der Waals surface area contributed by atoms with Gasteiger partial charge in [0.1, 0.15) is 6.61 Å². The number of ether oxygens (including phenoxy) is 2. The normalized spacial score (nSPS) is 15.0. The van der Waals surface area contributed by atoms with Gasteiger partial charge >= 0.3 is 0 Å². The number of carbonyl (C=O) groups excluding carboxylic acids is 2. The van der Waals surface area contributed by atoms with E-state index in [0.717, 1.165) is 5.56 Å². The minimum Gasteiger partial charge on any atom is -0.485 e. The summed E-state index contributed by atoms with van der Waals surface area (Å²) >= 11 is 0. The number of carbonyl (C=O) groups is 2. The molecule has 32 heavy (non-hydrogen) atoms. The van der Waals surface area contributed by atoms with Gasteiger partial charge in [0.2, 0.25) is 6.10 Å². The van der Waals surface area contributed by atoms with Crippen LogP contribution in [0.15, 0.2) is 72.8 Å². The predicted octanol–water partition coefficient (Wildman–Crippen LogP) is 5.01. The molecule has 1 aliphatic rings. The lowest BCUT2D eigenvalue weighted by Gasteiger charge is -2.25. The van der Waals surface area contributed by atoms with Crippen molar-refractivity contribution in [3.63, 3.8) is 0 Å². The minimum atomic E-state index is -0.793. The number of anilines is 2. The number of hydrogen-bond donors (Lipinski definition) is 2. The second-order valence-corrected chi connectivity index (χ2v) is 8.68. The maximum atomic E-state index is 12.8. The summed E-state index contributed by atoms with van der Waals surface area (Å²) in [4.78, 5) is 25.6. The molecule has 0 aromatic heterocycles. The van der Waals surface area contributed by atoms with Crippen LogP contribution < -0.4 is 20.1 Å². The third-order valence-electron chi connectivity index (χ3n) is 5.25. The maximum absolute atomic E-state index is 12.8. The number of benzene rings is 3. The lowest BCUT2D eigenvalue weighted by atomic mass is 9.87. The molecular formula is C26H26N2O4. The van der Waals surface area contributed by atoms with Gasteiger partial charge in [0, 0.05) is 5.56 Å². The van der Waals surface area contributed by atoms with Crippen LogP contribution in [0, 0.1) is 0 Å². The van der Waals surface area contributed by atoms with Crippen molar-refractivity contribution in [2.24, 2.45) is 0 Å². The molecule has 6 nitrogen and oxygen atoms in total. The zero-order valence-electron chi connectivity index (χ0n) is 18.3. The number of fused-ring (bicyclic) bond motifs is 1. The van der Waals surface area contributed by atoms with Crippen LogP contribution in [0.2, 0.25) is 0 Å². The van der Waals surface area contributed by atoms with Crippen molar-refractivity contribution in [3.8, 4) is 11.5 Å². The van der Waals surface area contributed by atoms with Crippen LogP contribution in [0.1, 0.15) is 36.7 Å². The fourth-order valence-corrected chi connectivity index (χ4v) is 3.38. The molecule has 2 amide bonds. The van der Waals surface area contributed by atoms with Gasteiger partial charge in [-0.25, -0.2) is 0 Å². The fourth-order valence-electron chi connectivity index (χ4n) is 3.38. The van der Waals surface area contributed by atoms with Crippen LogP contribution in [-0.4, -0.2) is 24.5 Å². The van der Waals surface area contributed by atoms with E-state index < -0.39 is 6.10 Å². The number of amides is 2. The Labute approximate surface area is 187 Å². The van der Waals surface area contributed by atoms with Crippen molar-refractivity contribution in [3.05, 3.63) is 83.9 Å². The van der Waals surface area contributed by atoms with Gasteiger partial charge in [-0.2, -0.15) is 0 Å². The first-order valence-corrected chi connectivity index (χ1v) is 10.5. The largest absolute Gasteiger partial charge is 0.485 e. The van der Waals surface area contributed by atoms with Crippen molar-refractivity contribution in [2.75, 3.05) is 17.2 Å². The van der Waals surface area contributed by atoms with Crippen molar-refractivity contribution in [2.45, 2.75) is 32.3 Å². The Balaban J connectivity index is 1.45. The van der Waals surface area contributed by atoms with Gasteiger partial charge < -0.3 is 20.1 Å².